The van der Waals surface area contributed by atoms with Gasteiger partial charge in [-0.1, -0.05) is 108 Å². The van der Waals surface area contributed by atoms with Crippen molar-refractivity contribution in [2.75, 3.05) is 88.8 Å². The minimum Gasteiger partial charge on any atom is -0.488 e. The number of methoxy groups -OCH3 is 5. The Morgan fingerprint density at radius 3 is 1.34 bits per heavy atom. The molecule has 9 aromatic rings. The number of alkyl carbamates (subject to hydrolysis) is 3. The predicted molar refractivity (Wildman–Crippen MR) is 509 cm³/mol. The summed E-state index contributed by atoms with van der Waals surface area (Å²) in [5, 5.41) is 23.1. The molecule has 8 aliphatic rings. The van der Waals surface area contributed by atoms with Gasteiger partial charge >= 0.3 is 42.7 Å². The summed E-state index contributed by atoms with van der Waals surface area (Å²) in [5.74, 6) is -4.70. The fourth-order valence-corrected chi connectivity index (χ4v) is 20.0. The highest BCUT2D eigenvalue weighted by molar-refractivity contribution is 6.08. The Balaban J connectivity index is 0.000000191. The smallest absolute Gasteiger partial charge is 0.410 e. The number of alkyl halides is 6. The third-order valence-corrected chi connectivity index (χ3v) is 27.0. The van der Waals surface area contributed by atoms with Crippen LogP contribution in [-0.4, -0.2) is 241 Å². The standard InChI is InChI=1S/C50H52F3N7O8.C45H51F3N6O7.C7H15NO4/c1-26(2)43(57-48(63)66-4)46(61)60-23-32(50(51,52)53)18-41(60)45-54-21-39(56-45)30-11-13-33-31(16-30)25-68-42-20-34-29(17-36(33)42)12-14-37-35(34)19-38(55-37)40-15-27(24-65-3)22-59(40)47(62)44(58-49(64)67-5)28-9-7-6-8-10-28;1-23(2)39(52-42(56)59-7)41(55)53-20-28(45(46,47)48)15-37(53)40-49-18-35(51-40)26-8-10-29-27(13-26)22-60-38-17-30-25(14-32(29)38)9-11-33-31(30)16-34(50-33)36-12-24(21-58-6)19-54(36)43(57)61-44(3,4)5;1-5(2)6(7(9)10)8-4-12-11-3/h6-14,16-17,20-21,26-27,32,40-41,43-44H,15,18-19,22-25H2,1-5H3,(H,54,56)(H,57,63)(H,58,64);8-11,13-14,17-18,23-24,28,36-37,39H,12,15-16,19-22H2,1-7H3,(H,49,51)(H,52,56);5-6,8H,4H2,1-3H3,(H,9,10)/t27-,32-,40-,41-,43-,44+;24-,28-,36-,37-,39-;6-/m000/s1. The average molecular weight is 1960 g/mol. The molecule has 8 aliphatic heterocycles. The maximum Gasteiger partial charge on any atom is 0.410 e. The van der Waals surface area contributed by atoms with E-state index in [2.05, 4.69) is 84.7 Å². The first kappa shape index (κ1) is 102. The minimum atomic E-state index is -4.55. The number of imidazole rings is 2. The van der Waals surface area contributed by atoms with Crippen LogP contribution in [0.15, 0.2) is 138 Å². The fourth-order valence-electron chi connectivity index (χ4n) is 20.0. The number of amides is 7. The van der Waals surface area contributed by atoms with Crippen LogP contribution in [0.25, 0.3) is 66.3 Å². The van der Waals surface area contributed by atoms with Crippen LogP contribution in [0.2, 0.25) is 0 Å². The number of ether oxygens (including phenoxy) is 8. The van der Waals surface area contributed by atoms with Crippen LogP contribution in [0, 0.1) is 41.4 Å². The highest BCUT2D eigenvalue weighted by Crippen LogP contribution is 2.51. The number of aromatic amines is 2. The van der Waals surface area contributed by atoms with E-state index in [1.54, 1.807) is 71.3 Å². The molecule has 0 bridgehead atoms. The molecule has 7 aromatic carbocycles. The third kappa shape index (κ3) is 22.4. The van der Waals surface area contributed by atoms with Crippen molar-refractivity contribution in [1.82, 2.24) is 60.8 Å². The second-order valence-electron chi connectivity index (χ2n) is 38.6. The molecule has 12 atom stereocenters. The number of aliphatic carboxylic acids is 1. The van der Waals surface area contributed by atoms with Gasteiger partial charge in [0.25, 0.3) is 0 Å². The lowest BCUT2D eigenvalue weighted by Crippen LogP contribution is -2.51. The summed E-state index contributed by atoms with van der Waals surface area (Å²) in [6.07, 6.45) is -7.00. The maximum atomic E-state index is 14.4. The number of nitrogens with one attached hydrogen (secondary N) is 6. The van der Waals surface area contributed by atoms with E-state index in [-0.39, 0.29) is 86.3 Å². The van der Waals surface area contributed by atoms with Crippen molar-refractivity contribution in [1.29, 1.82) is 0 Å². The highest BCUT2D eigenvalue weighted by Gasteiger charge is 2.54. The van der Waals surface area contributed by atoms with E-state index in [4.69, 9.17) is 43.5 Å². The normalized spacial score (nSPS) is 20.3. The van der Waals surface area contributed by atoms with Gasteiger partial charge in [0.1, 0.15) is 72.9 Å². The van der Waals surface area contributed by atoms with E-state index in [1.165, 1.54) is 14.2 Å². The lowest BCUT2D eigenvalue weighted by molar-refractivity contribution is -0.278. The number of hydrogen-bond acceptors (Lipinski definition) is 23. The molecule has 17 rings (SSSR count). The molecule has 0 saturated carbocycles. The Bertz CT molecular complexity index is 6240. The molecule has 4 saturated heterocycles. The van der Waals surface area contributed by atoms with Crippen LogP contribution in [-0.2, 0) is 83.4 Å². The molecule has 0 spiro atoms. The molecule has 141 heavy (non-hydrogen) atoms. The SMILES string of the molecule is COC[C@H]1C[C@@H](C2=Nc3ccc4cc5c(cc4c3C2)OCc2cc(-c3cnc([C@@H]4C[C@H](C(F)(F)F)CN4C(=O)[C@@H](NC(=O)OC)C(C)C)[nH]3)ccc2-5)N(C(=O)OC(C)(C)C)C1.COC[C@H]1C[C@@H](C2=Nc3ccc4cc5c(cc4c3C2)OCc2cc(-c3cnc([C@@H]4C[C@H](C(F)(F)F)CN4C(=O)[C@@H](NC(=O)OC)C(C)C)[nH]3)ccc2-5)N(C(=O)[C@H](NC(=O)OC)c2ccccc2)C1.COOCN[C@H](C(=O)O)C(C)C. The molecular formula is C102H118F6N14O19. The molecular weight excluding hydrogens is 1840 g/mol. The molecule has 2 aromatic heterocycles. The van der Waals surface area contributed by atoms with Gasteiger partial charge in [0.15, 0.2) is 0 Å². The Morgan fingerprint density at radius 2 is 0.929 bits per heavy atom. The molecule has 7 amide bonds. The summed E-state index contributed by atoms with van der Waals surface area (Å²) in [4.78, 5) is 143. The number of nitrogens with zero attached hydrogens (tertiary/aromatic N) is 8. The van der Waals surface area contributed by atoms with Crippen LogP contribution >= 0.6 is 0 Å². The molecule has 0 unspecified atom stereocenters. The van der Waals surface area contributed by atoms with Crippen molar-refractivity contribution in [2.24, 2.45) is 51.4 Å². The number of halogens is 6. The van der Waals surface area contributed by atoms with Crippen molar-refractivity contribution in [3.63, 3.8) is 0 Å². The molecule has 7 N–H and O–H groups in total. The molecule has 0 aliphatic carbocycles. The van der Waals surface area contributed by atoms with Crippen molar-refractivity contribution in [2.45, 2.75) is 180 Å². The number of carboxylic acid groups (broad SMARTS) is 1. The average Bonchev–Trinajstić information content (AvgIpc) is 1.67. The first-order valence-electron chi connectivity index (χ1n) is 46.9. The molecule has 0 radical (unpaired) electrons. The molecule has 10 heterocycles. The number of aromatic nitrogens is 4. The molecule has 4 fully saturated rings. The van der Waals surface area contributed by atoms with Gasteiger partial charge in [0, 0.05) is 87.6 Å². The minimum absolute atomic E-state index is 0.0166. The maximum absolute atomic E-state index is 14.4. The highest BCUT2D eigenvalue weighted by atomic mass is 19.4. The number of carbonyl (C=O) groups excluding carboxylic acids is 7. The summed E-state index contributed by atoms with van der Waals surface area (Å²) in [7, 11) is 8.25. The van der Waals surface area contributed by atoms with Crippen molar-refractivity contribution >= 4 is 92.4 Å². The van der Waals surface area contributed by atoms with Crippen LogP contribution in [0.5, 0.6) is 11.5 Å². The fraction of sp³-hybridized carbons (Fsp3) is 0.471. The van der Waals surface area contributed by atoms with E-state index in [0.29, 0.717) is 68.3 Å². The van der Waals surface area contributed by atoms with Gasteiger partial charge in [-0.15, -0.1) is 0 Å². The Hall–Kier alpha value is -13.2. The summed E-state index contributed by atoms with van der Waals surface area (Å²) in [5.41, 5.74) is 13.8. The summed E-state index contributed by atoms with van der Waals surface area (Å²) < 4.78 is 129. The van der Waals surface area contributed by atoms with Gasteiger partial charge in [-0.3, -0.25) is 39.4 Å². The molecule has 39 heteroatoms. The number of aliphatic imine (C=N–C) groups is 2. The van der Waals surface area contributed by atoms with Crippen molar-refractivity contribution < 1.29 is 117 Å². The van der Waals surface area contributed by atoms with E-state index >= 15 is 0 Å². The first-order chi connectivity index (χ1) is 67.2. The number of carboxylic acids is 1. The molecule has 33 nitrogen and oxygen atoms in total. The van der Waals surface area contributed by atoms with E-state index in [0.717, 1.165) is 136 Å². The van der Waals surface area contributed by atoms with Crippen molar-refractivity contribution in [3.8, 4) is 56.3 Å². The second-order valence-corrected chi connectivity index (χ2v) is 38.6. The van der Waals surface area contributed by atoms with Crippen LogP contribution in [0.1, 0.15) is 146 Å². The zero-order chi connectivity index (χ0) is 101. The van der Waals surface area contributed by atoms with E-state index in [1.807, 2.05) is 118 Å². The number of likely N-dealkylation sites (tertiary alicyclic amines) is 4. The number of hydrogen-bond donors (Lipinski definition) is 7. The van der Waals surface area contributed by atoms with E-state index in [9.17, 15) is 64.7 Å². The largest absolute Gasteiger partial charge is 0.488 e. The van der Waals surface area contributed by atoms with Gasteiger partial charge in [-0.05, 0) is 184 Å². The van der Waals surface area contributed by atoms with Crippen LogP contribution in [0.3, 0.4) is 0 Å². The summed E-state index contributed by atoms with van der Waals surface area (Å²) >= 11 is 0. The first-order valence-corrected chi connectivity index (χ1v) is 46.9. The van der Waals surface area contributed by atoms with Gasteiger partial charge in [0.2, 0.25) is 17.7 Å². The number of rotatable bonds is 25. The Labute approximate surface area is 810 Å². The third-order valence-electron chi connectivity index (χ3n) is 27.0. The zero-order valence-electron chi connectivity index (χ0n) is 81.0. The number of fused-ring (bicyclic) bond motifs is 12. The van der Waals surface area contributed by atoms with Gasteiger partial charge in [-0.25, -0.2) is 38.9 Å². The number of H-pyrrole nitrogens is 2. The van der Waals surface area contributed by atoms with Crippen molar-refractivity contribution in [3.05, 3.63) is 167 Å². The van der Waals surface area contributed by atoms with Gasteiger partial charge in [-0.2, -0.15) is 26.3 Å². The molecule has 752 valence electrons. The lowest BCUT2D eigenvalue weighted by Gasteiger charge is -2.30. The van der Waals surface area contributed by atoms with E-state index < -0.39 is 127 Å². The number of benzene rings is 7. The Morgan fingerprint density at radius 1 is 0.496 bits per heavy atom. The van der Waals surface area contributed by atoms with Crippen LogP contribution < -0.4 is 30.7 Å². The summed E-state index contributed by atoms with van der Waals surface area (Å²) in [6.45, 7) is 17.5. The quantitative estimate of drug-likeness (QED) is 0.00698. The Kier molecular flexibility index (Phi) is 30.9. The van der Waals surface area contributed by atoms with Gasteiger partial charge in [0.05, 0.1) is 113 Å². The topological polar surface area (TPSA) is 392 Å². The lowest BCUT2D eigenvalue weighted by atomic mass is 9.90. The zero-order valence-corrected chi connectivity index (χ0v) is 81.0. The number of carbonyl (C=O) groups is 8. The summed E-state index contributed by atoms with van der Waals surface area (Å²) in [6, 6.07) is 31.0. The monoisotopic (exact) mass is 1960 g/mol. The predicted octanol–water partition coefficient (Wildman–Crippen LogP) is 17.0. The second kappa shape index (κ2) is 42.7. The van der Waals surface area contributed by atoms with Gasteiger partial charge < -0.3 is 83.6 Å². The van der Waals surface area contributed by atoms with Crippen LogP contribution in [0.4, 0.5) is 56.9 Å².